The Morgan fingerprint density at radius 1 is 1.06 bits per heavy atom. The van der Waals surface area contributed by atoms with Crippen LogP contribution >= 0.6 is 0 Å². The van der Waals surface area contributed by atoms with Gasteiger partial charge in [0, 0.05) is 23.6 Å². The molecule has 1 saturated heterocycles. The number of hydrogen-bond acceptors (Lipinski definition) is 7. The van der Waals surface area contributed by atoms with Gasteiger partial charge in [0.05, 0.1) is 0 Å². The van der Waals surface area contributed by atoms with E-state index in [1.807, 2.05) is 36.5 Å². The van der Waals surface area contributed by atoms with Crippen LogP contribution in [-0.2, 0) is 9.59 Å². The Hall–Kier alpha value is -3.76. The zero-order valence-electron chi connectivity index (χ0n) is 19.1. The Labute approximate surface area is 201 Å². The Kier molecular flexibility index (Phi) is 7.74. The Morgan fingerprint density at radius 3 is 2.54 bits per heavy atom. The first-order valence-electron chi connectivity index (χ1n) is 11.4. The quantitative estimate of drug-likeness (QED) is 0.389. The number of ether oxygens (including phenoxy) is 3. The van der Waals surface area contributed by atoms with Crippen molar-refractivity contribution in [3.05, 3.63) is 54.2 Å². The third-order valence-corrected chi connectivity index (χ3v) is 6.09. The summed E-state index contributed by atoms with van der Waals surface area (Å²) in [6, 6.07) is 14.2. The number of likely N-dealkylation sites (tertiary alicyclic amines) is 1. The number of carboxylic acids is 2. The number of aromatic nitrogens is 1. The van der Waals surface area contributed by atoms with Gasteiger partial charge in [0.25, 0.3) is 0 Å². The maximum absolute atomic E-state index is 10.5. The van der Waals surface area contributed by atoms with Gasteiger partial charge in [-0.2, -0.15) is 0 Å². The first kappa shape index (κ1) is 24.4. The van der Waals surface area contributed by atoms with Crippen molar-refractivity contribution in [2.24, 2.45) is 0 Å². The number of aliphatic hydroxyl groups is 1. The number of β-amino-alcohol motifs (C(OH)–C–C–N with tert-alkyl or cyclic N) is 1. The average molecular weight is 485 g/mol. The third kappa shape index (κ3) is 6.23. The molecule has 5 rings (SSSR count). The molecule has 2 aliphatic heterocycles. The van der Waals surface area contributed by atoms with E-state index in [2.05, 4.69) is 22.0 Å². The van der Waals surface area contributed by atoms with Crippen LogP contribution in [0.4, 0.5) is 0 Å². The number of hydrogen-bond donors (Lipinski definition) is 4. The molecule has 10 nitrogen and oxygen atoms in total. The minimum atomic E-state index is -1.82. The molecule has 1 fully saturated rings. The van der Waals surface area contributed by atoms with Gasteiger partial charge < -0.3 is 39.4 Å². The molecule has 0 aliphatic carbocycles. The summed E-state index contributed by atoms with van der Waals surface area (Å²) >= 11 is 0. The van der Waals surface area contributed by atoms with Crippen molar-refractivity contribution >= 4 is 22.8 Å². The lowest BCUT2D eigenvalue weighted by atomic mass is 9.89. The second-order valence-corrected chi connectivity index (χ2v) is 8.46. The number of aliphatic carboxylic acids is 2. The summed E-state index contributed by atoms with van der Waals surface area (Å²) in [6.45, 7) is 3.20. The van der Waals surface area contributed by atoms with E-state index in [1.165, 1.54) is 5.56 Å². The molecular weight excluding hydrogens is 456 g/mol. The number of benzene rings is 2. The molecule has 1 atom stereocenters. The SMILES string of the molecule is O=C(O)C(=O)O.O[C@@H](COc1cccc2[nH]ccc12)CN1CCC(c2ccc3c(c2)OCO3)CC1. The monoisotopic (exact) mass is 484 g/mol. The van der Waals surface area contributed by atoms with Crippen LogP contribution in [0, 0.1) is 0 Å². The van der Waals surface area contributed by atoms with E-state index in [0.717, 1.165) is 54.1 Å². The largest absolute Gasteiger partial charge is 0.490 e. The lowest BCUT2D eigenvalue weighted by Gasteiger charge is -2.33. The summed E-state index contributed by atoms with van der Waals surface area (Å²) in [4.78, 5) is 23.7. The highest BCUT2D eigenvalue weighted by atomic mass is 16.7. The Morgan fingerprint density at radius 2 is 1.80 bits per heavy atom. The molecular formula is C25H28N2O8. The number of fused-ring (bicyclic) bond motifs is 2. The van der Waals surface area contributed by atoms with Gasteiger partial charge in [-0.1, -0.05) is 12.1 Å². The Bertz CT molecular complexity index is 1160. The highest BCUT2D eigenvalue weighted by Crippen LogP contribution is 2.37. The predicted molar refractivity (Wildman–Crippen MR) is 126 cm³/mol. The van der Waals surface area contributed by atoms with Crippen LogP contribution in [0.5, 0.6) is 17.2 Å². The summed E-state index contributed by atoms with van der Waals surface area (Å²) in [5, 5.41) is 26.3. The summed E-state index contributed by atoms with van der Waals surface area (Å²) in [5.41, 5.74) is 2.36. The second-order valence-electron chi connectivity index (χ2n) is 8.46. The maximum atomic E-state index is 10.5. The normalized spacial score (nSPS) is 16.4. The first-order valence-corrected chi connectivity index (χ1v) is 11.4. The van der Waals surface area contributed by atoms with Gasteiger partial charge in [0.15, 0.2) is 11.5 Å². The summed E-state index contributed by atoms with van der Waals surface area (Å²) < 4.78 is 16.8. The number of rotatable bonds is 6. The molecule has 0 spiro atoms. The van der Waals surface area contributed by atoms with Crippen molar-refractivity contribution in [2.45, 2.75) is 24.9 Å². The van der Waals surface area contributed by atoms with E-state index in [1.54, 1.807) is 0 Å². The molecule has 0 amide bonds. The predicted octanol–water partition coefficient (Wildman–Crippen LogP) is 2.67. The van der Waals surface area contributed by atoms with Crippen LogP contribution in [0.25, 0.3) is 10.9 Å². The third-order valence-electron chi connectivity index (χ3n) is 6.09. The van der Waals surface area contributed by atoms with E-state index < -0.39 is 18.0 Å². The molecule has 0 saturated carbocycles. The number of nitrogens with one attached hydrogen (secondary N) is 1. The molecule has 1 aromatic heterocycles. The number of aliphatic hydroxyl groups excluding tert-OH is 1. The molecule has 3 aromatic rings. The zero-order chi connectivity index (χ0) is 24.8. The second kappa shape index (κ2) is 11.1. The molecule has 2 aromatic carbocycles. The van der Waals surface area contributed by atoms with Gasteiger partial charge in [0.2, 0.25) is 6.79 Å². The number of nitrogens with zero attached hydrogens (tertiary/aromatic N) is 1. The van der Waals surface area contributed by atoms with Gasteiger partial charge in [-0.3, -0.25) is 0 Å². The van der Waals surface area contributed by atoms with Crippen LogP contribution in [0.15, 0.2) is 48.7 Å². The van der Waals surface area contributed by atoms with Crippen LogP contribution < -0.4 is 14.2 Å². The van der Waals surface area contributed by atoms with Crippen molar-refractivity contribution in [3.8, 4) is 17.2 Å². The van der Waals surface area contributed by atoms with Crippen LogP contribution in [0.1, 0.15) is 24.3 Å². The van der Waals surface area contributed by atoms with E-state index in [-0.39, 0.29) is 0 Å². The highest BCUT2D eigenvalue weighted by Gasteiger charge is 2.24. The summed E-state index contributed by atoms with van der Waals surface area (Å²) in [7, 11) is 0. The lowest BCUT2D eigenvalue weighted by molar-refractivity contribution is -0.159. The van der Waals surface area contributed by atoms with Crippen molar-refractivity contribution in [2.75, 3.05) is 33.0 Å². The van der Waals surface area contributed by atoms with Gasteiger partial charge >= 0.3 is 11.9 Å². The van der Waals surface area contributed by atoms with Gasteiger partial charge in [-0.05, 0) is 67.7 Å². The standard InChI is InChI=1S/C23H26N2O4.C2H2O4/c26-18(14-27-21-3-1-2-20-19(21)6-9-24-20)13-25-10-7-16(8-11-25)17-4-5-22-23(12-17)29-15-28-22;3-1(4)2(5)6/h1-6,9,12,16,18,24,26H,7-8,10-11,13-15H2;(H,3,4)(H,5,6)/t18-;/m1./s1. The molecule has 0 bridgehead atoms. The number of carboxylic acid groups (broad SMARTS) is 2. The number of H-pyrrole nitrogens is 1. The molecule has 4 N–H and O–H groups in total. The minimum Gasteiger partial charge on any atom is -0.490 e. The van der Waals surface area contributed by atoms with Crippen molar-refractivity contribution in [1.29, 1.82) is 0 Å². The van der Waals surface area contributed by atoms with Crippen molar-refractivity contribution in [1.82, 2.24) is 9.88 Å². The fraction of sp³-hybridized carbons (Fsp3) is 0.360. The zero-order valence-corrected chi connectivity index (χ0v) is 19.1. The van der Waals surface area contributed by atoms with E-state index in [0.29, 0.717) is 25.9 Å². The molecule has 3 heterocycles. The number of carbonyl (C=O) groups is 2. The first-order chi connectivity index (χ1) is 16.9. The molecule has 0 unspecified atom stereocenters. The molecule has 10 heteroatoms. The number of aromatic amines is 1. The minimum absolute atomic E-state index is 0.298. The smallest absolute Gasteiger partial charge is 0.414 e. The highest BCUT2D eigenvalue weighted by molar-refractivity contribution is 6.27. The fourth-order valence-corrected chi connectivity index (χ4v) is 4.34. The molecule has 2 aliphatic rings. The number of piperidine rings is 1. The van der Waals surface area contributed by atoms with Crippen LogP contribution in [0.2, 0.25) is 0 Å². The summed E-state index contributed by atoms with van der Waals surface area (Å²) in [5.74, 6) is -0.616. The topological polar surface area (TPSA) is 142 Å². The van der Waals surface area contributed by atoms with Gasteiger partial charge in [-0.15, -0.1) is 0 Å². The molecule has 0 radical (unpaired) electrons. The Balaban J connectivity index is 0.000000431. The van der Waals surface area contributed by atoms with E-state index in [9.17, 15) is 5.11 Å². The van der Waals surface area contributed by atoms with E-state index in [4.69, 9.17) is 34.0 Å². The molecule has 35 heavy (non-hydrogen) atoms. The van der Waals surface area contributed by atoms with Gasteiger partial charge in [-0.25, -0.2) is 9.59 Å². The molecule has 186 valence electrons. The van der Waals surface area contributed by atoms with Gasteiger partial charge in [0.1, 0.15) is 18.5 Å². The van der Waals surface area contributed by atoms with E-state index >= 15 is 0 Å². The maximum Gasteiger partial charge on any atom is 0.414 e. The average Bonchev–Trinajstić information content (AvgIpc) is 3.53. The lowest BCUT2D eigenvalue weighted by Crippen LogP contribution is -2.40. The van der Waals surface area contributed by atoms with Crippen molar-refractivity contribution < 1.29 is 39.1 Å². The van der Waals surface area contributed by atoms with Crippen LogP contribution in [0.3, 0.4) is 0 Å². The van der Waals surface area contributed by atoms with Crippen LogP contribution in [-0.4, -0.2) is 76.3 Å². The summed E-state index contributed by atoms with van der Waals surface area (Å²) in [6.07, 6.45) is 3.55. The van der Waals surface area contributed by atoms with Crippen molar-refractivity contribution in [3.63, 3.8) is 0 Å². The fourth-order valence-electron chi connectivity index (χ4n) is 4.34.